The maximum Gasteiger partial charge on any atom is 0.416 e. The third-order valence-electron chi connectivity index (χ3n) is 2.21. The van der Waals surface area contributed by atoms with Crippen molar-refractivity contribution in [2.24, 2.45) is 4.99 Å². The second kappa shape index (κ2) is 3.59. The van der Waals surface area contributed by atoms with Crippen LogP contribution < -0.4 is 15.4 Å². The molecular weight excluding hydrogens is 217 g/mol. The Morgan fingerprint density at radius 2 is 2.00 bits per heavy atom. The van der Waals surface area contributed by atoms with Crippen LogP contribution in [-0.2, 0) is 6.18 Å². The average Bonchev–Trinajstić information content (AvgIpc) is 2.69. The smallest absolute Gasteiger partial charge is 0.246 e. The van der Waals surface area contributed by atoms with Crippen molar-refractivity contribution in [1.29, 1.82) is 0 Å². The van der Waals surface area contributed by atoms with Crippen molar-refractivity contribution >= 4 is 24.8 Å². The van der Waals surface area contributed by atoms with Gasteiger partial charge in [-0.2, -0.15) is 13.2 Å². The lowest BCUT2D eigenvalue weighted by Gasteiger charge is -2.06. The molecule has 0 amide bonds. The topological polar surface area (TPSA) is 26.3 Å². The Morgan fingerprint density at radius 3 is 2.56 bits per heavy atom. The summed E-state index contributed by atoms with van der Waals surface area (Å²) >= 11 is 0. The van der Waals surface area contributed by atoms with Gasteiger partial charge < -0.3 is 0 Å². The molecule has 2 rings (SSSR count). The van der Waals surface area contributed by atoms with Crippen LogP contribution in [0.15, 0.2) is 23.2 Å². The molecule has 1 aromatic rings. The van der Waals surface area contributed by atoms with E-state index in [0.717, 1.165) is 6.07 Å². The van der Waals surface area contributed by atoms with Crippen molar-refractivity contribution in [1.82, 2.24) is 0 Å². The molecule has 0 aliphatic carbocycles. The molecule has 0 spiro atoms. The van der Waals surface area contributed by atoms with Crippen LogP contribution in [0, 0.1) is 0 Å². The summed E-state index contributed by atoms with van der Waals surface area (Å²) in [7, 11) is 0. The highest BCUT2D eigenvalue weighted by molar-refractivity contribution is 6.02. The summed E-state index contributed by atoms with van der Waals surface area (Å²) in [6.07, 6.45) is -1.43. The molecule has 0 fully saturated rings. The van der Waals surface area contributed by atoms with Gasteiger partial charge in [0.2, 0.25) is 5.70 Å². The van der Waals surface area contributed by atoms with Gasteiger partial charge >= 0.3 is 6.18 Å². The quantitative estimate of drug-likeness (QED) is 0.611. The van der Waals surface area contributed by atoms with Crippen LogP contribution >= 0.6 is 0 Å². The minimum atomic E-state index is -4.39. The van der Waals surface area contributed by atoms with Crippen molar-refractivity contribution in [3.05, 3.63) is 34.2 Å². The van der Waals surface area contributed by atoms with Gasteiger partial charge in [0.1, 0.15) is 6.21 Å². The van der Waals surface area contributed by atoms with Gasteiger partial charge in [0.15, 0.2) is 0 Å². The number of rotatable bonds is 0. The molecule has 16 heavy (non-hydrogen) atoms. The zero-order valence-corrected chi connectivity index (χ0v) is 8.17. The maximum atomic E-state index is 12.6. The lowest BCUT2D eigenvalue weighted by molar-refractivity contribution is -0.291. The summed E-state index contributed by atoms with van der Waals surface area (Å²) in [4.78, 5) is 6.59. The molecule has 0 bridgehead atoms. The molecule has 1 N–H and O–H groups in total. The van der Waals surface area contributed by atoms with E-state index in [4.69, 9.17) is 0 Å². The summed E-state index contributed by atoms with van der Waals surface area (Å²) in [6, 6.07) is 3.96. The number of hydrogen-bond acceptors (Lipinski definition) is 1. The number of alkyl halides is 3. The second-order valence-corrected chi connectivity index (χ2v) is 3.32. The number of nitrogens with zero attached hydrogens (tertiary/aromatic N) is 1. The number of aliphatic imine (C=N–C) groups is 1. The summed E-state index contributed by atoms with van der Waals surface area (Å²) in [5, 5.41) is 0.382. The van der Waals surface area contributed by atoms with E-state index in [9.17, 15) is 13.2 Å². The molecule has 0 atom stereocenters. The van der Waals surface area contributed by atoms with E-state index in [1.807, 2.05) is 0 Å². The minimum Gasteiger partial charge on any atom is -0.246 e. The van der Waals surface area contributed by atoms with Crippen LogP contribution in [0.3, 0.4) is 0 Å². The molecule has 1 aliphatic rings. The van der Waals surface area contributed by atoms with E-state index in [0.29, 0.717) is 10.9 Å². The standard InChI is InChI=1S/C11H7F3N2/c1-7-2-3-8(10-5-15-6-16-10)4-9(7)11(12,13)14/h2-6H,1H2/p+1. The molecule has 0 saturated heterocycles. The Labute approximate surface area is 89.2 Å². The molecule has 1 heterocycles. The molecular formula is C11H8F3N2+. The van der Waals surface area contributed by atoms with Crippen LogP contribution in [0.1, 0.15) is 5.56 Å². The molecule has 1 aliphatic heterocycles. The Morgan fingerprint density at radius 1 is 1.25 bits per heavy atom. The van der Waals surface area contributed by atoms with Gasteiger partial charge in [-0.1, -0.05) is 12.6 Å². The number of benzene rings is 1. The fourth-order valence-electron chi connectivity index (χ4n) is 1.42. The monoisotopic (exact) mass is 225 g/mol. The fourth-order valence-corrected chi connectivity index (χ4v) is 1.42. The summed E-state index contributed by atoms with van der Waals surface area (Å²) in [6.45, 7) is 3.36. The number of hydrogen-bond donors (Lipinski definition) is 1. The number of halogens is 3. The number of nitrogens with one attached hydrogen (secondary N) is 1. The fraction of sp³-hybridized carbons (Fsp3) is 0.0909. The van der Waals surface area contributed by atoms with E-state index in [-0.39, 0.29) is 5.22 Å². The highest BCUT2D eigenvalue weighted by Crippen LogP contribution is 2.25. The van der Waals surface area contributed by atoms with Crippen molar-refractivity contribution in [3.8, 4) is 0 Å². The van der Waals surface area contributed by atoms with Crippen LogP contribution in [0.5, 0.6) is 0 Å². The zero-order valence-electron chi connectivity index (χ0n) is 8.17. The van der Waals surface area contributed by atoms with Crippen molar-refractivity contribution in [2.75, 3.05) is 0 Å². The van der Waals surface area contributed by atoms with Crippen LogP contribution in [-0.4, -0.2) is 12.6 Å². The molecule has 0 aromatic heterocycles. The van der Waals surface area contributed by atoms with Crippen molar-refractivity contribution < 1.29 is 18.2 Å². The normalized spacial score (nSPS) is 18.2. The van der Waals surface area contributed by atoms with Gasteiger partial charge in [-0.15, -0.1) is 0 Å². The zero-order chi connectivity index (χ0) is 11.8. The van der Waals surface area contributed by atoms with E-state index in [1.165, 1.54) is 18.6 Å². The third-order valence-corrected chi connectivity index (χ3v) is 2.21. The maximum absolute atomic E-state index is 12.6. The van der Waals surface area contributed by atoms with Gasteiger partial charge in [0, 0.05) is 5.22 Å². The molecule has 0 saturated carbocycles. The van der Waals surface area contributed by atoms with Crippen LogP contribution in [0.25, 0.3) is 12.3 Å². The summed E-state index contributed by atoms with van der Waals surface area (Å²) < 4.78 is 37.8. The van der Waals surface area contributed by atoms with Crippen LogP contribution in [0.2, 0.25) is 0 Å². The Balaban J connectivity index is 2.71. The van der Waals surface area contributed by atoms with E-state index in [2.05, 4.69) is 16.6 Å². The van der Waals surface area contributed by atoms with Gasteiger partial charge in [0.05, 0.1) is 5.56 Å². The largest absolute Gasteiger partial charge is 0.416 e. The predicted octanol–water partition coefficient (Wildman–Crippen LogP) is -0.583. The molecule has 2 nitrogen and oxygen atoms in total. The first-order valence-corrected chi connectivity index (χ1v) is 4.51. The first-order valence-electron chi connectivity index (χ1n) is 4.51. The Bertz CT molecular complexity index is 568. The first kappa shape index (κ1) is 10.6. The minimum absolute atomic E-state index is 0.0354. The van der Waals surface area contributed by atoms with Gasteiger partial charge in [-0.25, -0.2) is 4.99 Å². The lowest BCUT2D eigenvalue weighted by atomic mass is 10.1. The highest BCUT2D eigenvalue weighted by atomic mass is 19.4. The Hall–Kier alpha value is -1.91. The van der Waals surface area contributed by atoms with Gasteiger partial charge in [-0.3, -0.25) is 0 Å². The van der Waals surface area contributed by atoms with Crippen molar-refractivity contribution in [2.45, 2.75) is 6.18 Å². The van der Waals surface area contributed by atoms with Gasteiger partial charge in [-0.05, 0) is 22.3 Å². The predicted molar refractivity (Wildman–Crippen MR) is 55.1 cm³/mol. The molecule has 1 aromatic carbocycles. The van der Waals surface area contributed by atoms with E-state index >= 15 is 0 Å². The van der Waals surface area contributed by atoms with Gasteiger partial charge in [0.25, 0.3) is 6.34 Å². The summed E-state index contributed by atoms with van der Waals surface area (Å²) in [5.74, 6) is 0. The average molecular weight is 225 g/mol. The van der Waals surface area contributed by atoms with E-state index < -0.39 is 11.7 Å². The SMILES string of the molecule is C=c1ccc(=C2C=[NH+]C=N2)cc1C(F)(F)F. The molecule has 5 heteroatoms. The Kier molecular flexibility index (Phi) is 2.38. The summed E-state index contributed by atoms with van der Waals surface area (Å²) in [5.41, 5.74) is -0.251. The molecule has 0 radical (unpaired) electrons. The van der Waals surface area contributed by atoms with Crippen LogP contribution in [0.4, 0.5) is 13.2 Å². The first-order chi connectivity index (χ1) is 7.48. The highest BCUT2D eigenvalue weighted by Gasteiger charge is 2.31. The van der Waals surface area contributed by atoms with E-state index in [1.54, 1.807) is 6.07 Å². The second-order valence-electron chi connectivity index (χ2n) is 3.32. The third kappa shape index (κ3) is 1.88. The molecule has 0 unspecified atom stereocenters. The van der Waals surface area contributed by atoms with Crippen molar-refractivity contribution in [3.63, 3.8) is 0 Å². The molecule has 82 valence electrons. The lowest BCUT2D eigenvalue weighted by Crippen LogP contribution is -2.64.